The lowest BCUT2D eigenvalue weighted by molar-refractivity contribution is -0.145. The summed E-state index contributed by atoms with van der Waals surface area (Å²) in [5, 5.41) is 130. The Morgan fingerprint density at radius 3 is 0.833 bits per heavy atom. The van der Waals surface area contributed by atoms with Gasteiger partial charge >= 0.3 is 83.7 Å². The first-order valence-electron chi connectivity index (χ1n) is 46.6. The minimum atomic E-state index is -1.34. The summed E-state index contributed by atoms with van der Waals surface area (Å²) in [6.07, 6.45) is -0.546. The lowest BCUT2D eigenvalue weighted by Crippen LogP contribution is -2.52. The largest absolute Gasteiger partial charge is 0.481 e. The number of amides is 8. The molecule has 4 aromatic rings. The van der Waals surface area contributed by atoms with Gasteiger partial charge in [0, 0.05) is 189 Å². The molecule has 2 fully saturated rings. The van der Waals surface area contributed by atoms with Gasteiger partial charge in [0.25, 0.3) is 11.8 Å². The fourth-order valence-corrected chi connectivity index (χ4v) is 16.3. The van der Waals surface area contributed by atoms with Crippen molar-refractivity contribution in [2.75, 3.05) is 157 Å². The topological polar surface area (TPSA) is 689 Å². The molecule has 6 atom stereocenters. The van der Waals surface area contributed by atoms with Crippen LogP contribution in [0.4, 0.5) is 9.59 Å². The number of nitrogens with zero attached hydrogens (tertiary/aromatic N) is 10. The molecule has 8 amide bonds. The van der Waals surface area contributed by atoms with E-state index < -0.39 is 143 Å². The Bertz CT molecular complexity index is 4610. The zero-order chi connectivity index (χ0) is 107. The van der Waals surface area contributed by atoms with E-state index in [1.54, 1.807) is 97.5 Å². The van der Waals surface area contributed by atoms with Gasteiger partial charge in [-0.25, -0.2) is 19.2 Å². The number of Topliss-reactive ketones (excluding diaryl/α,β-unsaturated/α-hetero) is 2. The first-order valence-corrected chi connectivity index (χ1v) is 48.5. The number of carbonyl (C=O) groups excluding carboxylic acids is 8. The number of hydrogen-bond donors (Lipinski definition) is 18. The van der Waals surface area contributed by atoms with Crippen molar-refractivity contribution in [3.05, 3.63) is 138 Å². The van der Waals surface area contributed by atoms with Gasteiger partial charge in [-0.3, -0.25) is 116 Å². The molecular formula is C94H130BrIN16O32. The maximum Gasteiger partial charge on any atom is 0.326 e. The molecule has 2 aliphatic rings. The lowest BCUT2D eigenvalue weighted by atomic mass is 10.1. The maximum absolute atomic E-state index is 13.9. The van der Waals surface area contributed by atoms with Crippen molar-refractivity contribution in [2.24, 2.45) is 0 Å². The van der Waals surface area contributed by atoms with Crippen LogP contribution in [0.1, 0.15) is 147 Å². The van der Waals surface area contributed by atoms with Gasteiger partial charge in [-0.1, -0.05) is 64.5 Å². The minimum Gasteiger partial charge on any atom is -0.481 e. The standard InChI is InChI=1S/C47H65BrN8O16.C47H65IN8O16/c2*1-31(57)36(13-16-40(59)60)50-47(72)51-37(45(68)69)4-2-3-17-56(27-33-7-11-35(48)12-8-33)44(67)34-9-5-32(6-10-34)26-49-39(58)15-14-38(46(70)71)55-24-22-53(29-42(63)64)20-18-52(28-41(61)62)19-21-54(23-25-55)30-43(65)66/h2*5-12,36-38H,2-4,13-30H2,1H3,(H,49,58)(H,59,60)(H,61,62)(H,63,64)(H,65,66)(H,68,69)(H,70,71)(H2,50,51,72)/t2*36-,37-,38?/m11/s1. The number of carbonyl (C=O) groups is 20. The Hall–Kier alpha value is -12.8. The summed E-state index contributed by atoms with van der Waals surface area (Å²) in [6, 6.07) is 18.7. The molecule has 0 saturated carbocycles. The molecule has 0 bridgehead atoms. The number of rotatable bonds is 56. The van der Waals surface area contributed by atoms with Crippen LogP contribution < -0.4 is 31.9 Å². The summed E-state index contributed by atoms with van der Waals surface area (Å²) in [5.74, 6) is -16.7. The Balaban J connectivity index is 0.000000507. The van der Waals surface area contributed by atoms with Crippen LogP contribution in [-0.2, 0) is 103 Å². The highest BCUT2D eigenvalue weighted by Crippen LogP contribution is 2.22. The summed E-state index contributed by atoms with van der Waals surface area (Å²) in [7, 11) is 0. The molecule has 144 heavy (non-hydrogen) atoms. The highest BCUT2D eigenvalue weighted by Gasteiger charge is 2.34. The summed E-state index contributed by atoms with van der Waals surface area (Å²) in [4.78, 5) is 260. The first kappa shape index (κ1) is 122. The predicted octanol–water partition coefficient (Wildman–Crippen LogP) is 2.17. The van der Waals surface area contributed by atoms with E-state index in [1.807, 2.05) is 48.5 Å². The third-order valence-corrected chi connectivity index (χ3v) is 24.8. The summed E-state index contributed by atoms with van der Waals surface area (Å²) >= 11 is 5.57. The normalized spacial score (nSPS) is 15.6. The van der Waals surface area contributed by atoms with Gasteiger partial charge < -0.3 is 103 Å². The van der Waals surface area contributed by atoms with Crippen LogP contribution in [0.15, 0.2) is 102 Å². The van der Waals surface area contributed by atoms with E-state index in [0.717, 1.165) is 19.2 Å². The van der Waals surface area contributed by atoms with Crippen LogP contribution in [0.2, 0.25) is 0 Å². The Morgan fingerprint density at radius 1 is 0.312 bits per heavy atom. The molecule has 18 N–H and O–H groups in total. The molecule has 0 aliphatic carbocycles. The average Bonchev–Trinajstić information content (AvgIpc) is 0.845. The Kier molecular flexibility index (Phi) is 54.7. The van der Waals surface area contributed by atoms with Crippen molar-refractivity contribution in [1.29, 1.82) is 0 Å². The molecule has 48 nitrogen and oxygen atoms in total. The van der Waals surface area contributed by atoms with E-state index >= 15 is 0 Å². The van der Waals surface area contributed by atoms with Gasteiger partial charge in [0.2, 0.25) is 11.8 Å². The summed E-state index contributed by atoms with van der Waals surface area (Å²) in [5.41, 5.74) is 3.57. The number of hydrogen-bond acceptors (Lipinski definition) is 28. The SMILES string of the molecule is CC(=O)[C@@H](CCC(=O)O)NC(=O)N[C@H](CCCCN(Cc1ccc(Br)cc1)C(=O)c1ccc(CNC(=O)CCC(C(=O)O)N2CCN(CC(=O)O)CCN(CC(=O)O)CCN(CC(=O)O)CC2)cc1)C(=O)O.CC(=O)[C@@H](CCC(=O)O)NC(=O)N[C@H](CCCCN(Cc1ccc(I)cc1)C(=O)c1ccc(CNC(=O)CCC(C(=O)O)N2CCN(CC(=O)O)CCN(CC(=O)O)CCN(CC(=O)O)CC2)cc1)C(=O)O. The van der Waals surface area contributed by atoms with E-state index in [2.05, 4.69) is 70.4 Å². The van der Waals surface area contributed by atoms with Gasteiger partial charge in [0.1, 0.15) is 24.2 Å². The predicted molar refractivity (Wildman–Crippen MR) is 525 cm³/mol. The molecule has 2 unspecified atom stereocenters. The Labute approximate surface area is 852 Å². The molecule has 0 spiro atoms. The van der Waals surface area contributed by atoms with Crippen LogP contribution in [0.3, 0.4) is 0 Å². The summed E-state index contributed by atoms with van der Waals surface area (Å²) < 4.78 is 1.82. The molecular weight excluding hydrogens is 2070 g/mol. The van der Waals surface area contributed by atoms with Gasteiger partial charge in [-0.05, 0) is 171 Å². The van der Waals surface area contributed by atoms with Crippen LogP contribution in [0.25, 0.3) is 0 Å². The van der Waals surface area contributed by atoms with Gasteiger partial charge in [-0.2, -0.15) is 0 Å². The molecule has 50 heteroatoms. The second-order valence-corrected chi connectivity index (χ2v) is 36.9. The fourth-order valence-electron chi connectivity index (χ4n) is 15.7. The van der Waals surface area contributed by atoms with Crippen LogP contribution in [-0.4, -0.2) is 422 Å². The van der Waals surface area contributed by atoms with Crippen LogP contribution in [0.5, 0.6) is 0 Å². The van der Waals surface area contributed by atoms with Gasteiger partial charge in [0.05, 0.1) is 51.4 Å². The number of urea groups is 2. The van der Waals surface area contributed by atoms with Crippen LogP contribution >= 0.6 is 38.5 Å². The highest BCUT2D eigenvalue weighted by atomic mass is 127. The van der Waals surface area contributed by atoms with Crippen molar-refractivity contribution >= 4 is 157 Å². The molecule has 0 radical (unpaired) electrons. The zero-order valence-corrected chi connectivity index (χ0v) is 83.9. The number of halogens is 2. The van der Waals surface area contributed by atoms with Crippen molar-refractivity contribution in [3.8, 4) is 0 Å². The lowest BCUT2D eigenvalue weighted by Gasteiger charge is -2.35. The maximum atomic E-state index is 13.9. The third kappa shape index (κ3) is 49.4. The number of ketones is 2. The molecule has 6 rings (SSSR count). The Morgan fingerprint density at radius 2 is 0.576 bits per heavy atom. The van der Waals surface area contributed by atoms with Gasteiger partial charge in [0.15, 0.2) is 11.6 Å². The van der Waals surface area contributed by atoms with E-state index in [-0.39, 0.29) is 272 Å². The van der Waals surface area contributed by atoms with E-state index in [1.165, 1.54) is 13.8 Å². The van der Waals surface area contributed by atoms with Gasteiger partial charge in [-0.15, -0.1) is 0 Å². The zero-order valence-electron chi connectivity index (χ0n) is 80.2. The fraction of sp³-hybridized carbons (Fsp3) is 0.532. The van der Waals surface area contributed by atoms with Crippen molar-refractivity contribution in [2.45, 2.75) is 166 Å². The molecule has 0 aromatic heterocycles. The minimum absolute atomic E-state index is 0.0115. The molecule has 792 valence electrons. The molecule has 2 heterocycles. The summed E-state index contributed by atoms with van der Waals surface area (Å²) in [6.45, 7) is 3.03. The number of carboxylic acids is 12. The smallest absolute Gasteiger partial charge is 0.326 e. The quantitative estimate of drug-likeness (QED) is 0.0222. The molecule has 4 aromatic carbocycles. The molecule has 2 saturated heterocycles. The van der Waals surface area contributed by atoms with E-state index in [9.17, 15) is 147 Å². The monoisotopic (exact) mass is 2200 g/mol. The van der Waals surface area contributed by atoms with Crippen molar-refractivity contribution < 1.29 is 157 Å². The number of benzene rings is 4. The van der Waals surface area contributed by atoms with Crippen LogP contribution in [0, 0.1) is 3.57 Å². The molecule has 2 aliphatic heterocycles. The number of unbranched alkanes of at least 4 members (excludes halogenated alkanes) is 2. The van der Waals surface area contributed by atoms with Crippen molar-refractivity contribution in [3.63, 3.8) is 0 Å². The van der Waals surface area contributed by atoms with Crippen molar-refractivity contribution in [1.82, 2.24) is 80.9 Å². The number of aliphatic carboxylic acids is 12. The first-order chi connectivity index (χ1) is 68.2. The number of nitrogens with one attached hydrogen (secondary N) is 6. The average molecular weight is 2200 g/mol. The highest BCUT2D eigenvalue weighted by molar-refractivity contribution is 14.1. The number of carboxylic acid groups (broad SMARTS) is 12. The van der Waals surface area contributed by atoms with E-state index in [4.69, 9.17) is 10.2 Å². The van der Waals surface area contributed by atoms with E-state index in [0.29, 0.717) is 35.1 Å². The second kappa shape index (κ2) is 64.7. The third-order valence-electron chi connectivity index (χ3n) is 23.6. The second-order valence-electron chi connectivity index (χ2n) is 34.7.